The molecule has 1 aliphatic heterocycles. The maximum absolute atomic E-state index is 6.46. The Morgan fingerprint density at radius 3 is 2.45 bits per heavy atom. The molecule has 0 spiro atoms. The summed E-state index contributed by atoms with van der Waals surface area (Å²) < 4.78 is 8.07. The second kappa shape index (κ2) is 7.98. The van der Waals surface area contributed by atoms with E-state index in [1.165, 1.54) is 0 Å². The van der Waals surface area contributed by atoms with Crippen molar-refractivity contribution >= 4 is 28.5 Å². The molecule has 4 aromatic rings. The van der Waals surface area contributed by atoms with Crippen LogP contribution in [0.1, 0.15) is 19.4 Å². The first-order chi connectivity index (χ1) is 15.0. The fourth-order valence-corrected chi connectivity index (χ4v) is 4.58. The monoisotopic (exact) mass is 432 g/mol. The Kier molecular flexibility index (Phi) is 5.16. The van der Waals surface area contributed by atoms with Crippen molar-refractivity contribution < 1.29 is 4.74 Å². The molecule has 3 heterocycles. The Balaban J connectivity index is 1.76. The highest BCUT2D eigenvalue weighted by molar-refractivity contribution is 6.31. The summed E-state index contributed by atoms with van der Waals surface area (Å²) in [7, 11) is 0. The van der Waals surface area contributed by atoms with Crippen molar-refractivity contribution in [3.8, 4) is 16.8 Å². The number of nitrogens with zero attached hydrogens (tertiary/aromatic N) is 4. The summed E-state index contributed by atoms with van der Waals surface area (Å²) in [4.78, 5) is 11.8. The number of hydrogen-bond acceptors (Lipinski definition) is 4. The summed E-state index contributed by atoms with van der Waals surface area (Å²) in [6.45, 7) is 7.83. The van der Waals surface area contributed by atoms with Crippen molar-refractivity contribution in [3.05, 3.63) is 71.6 Å². The van der Waals surface area contributed by atoms with Gasteiger partial charge in [-0.1, -0.05) is 48.0 Å². The lowest BCUT2D eigenvalue weighted by molar-refractivity contribution is -0.00537. The molecule has 1 fully saturated rings. The van der Waals surface area contributed by atoms with E-state index in [4.69, 9.17) is 26.3 Å². The van der Waals surface area contributed by atoms with E-state index in [0.29, 0.717) is 0 Å². The standard InChI is InChI=1S/C25H25ClN4O/c1-16-9-10-20(11-22(16)26)30-14-21(19-7-5-4-6-8-19)23-24(27-15-28-25(23)30)29-12-17(2)31-18(3)13-29/h4-11,14-15,17-18H,12-13H2,1-3H3. The van der Waals surface area contributed by atoms with Crippen molar-refractivity contribution in [1.29, 1.82) is 0 Å². The molecule has 2 aromatic carbocycles. The average molecular weight is 433 g/mol. The zero-order valence-electron chi connectivity index (χ0n) is 17.9. The maximum Gasteiger partial charge on any atom is 0.150 e. The quantitative estimate of drug-likeness (QED) is 0.418. The second-order valence-corrected chi connectivity index (χ2v) is 8.68. The van der Waals surface area contributed by atoms with Crippen molar-refractivity contribution in [2.24, 2.45) is 0 Å². The third-order valence-electron chi connectivity index (χ3n) is 5.80. The van der Waals surface area contributed by atoms with Gasteiger partial charge in [-0.05, 0) is 44.0 Å². The number of benzene rings is 2. The first kappa shape index (κ1) is 20.0. The molecular formula is C25H25ClN4O. The van der Waals surface area contributed by atoms with Gasteiger partial charge in [0.15, 0.2) is 5.65 Å². The van der Waals surface area contributed by atoms with Crippen LogP contribution >= 0.6 is 11.6 Å². The number of morpholine rings is 1. The molecule has 0 aliphatic carbocycles. The third-order valence-corrected chi connectivity index (χ3v) is 6.21. The van der Waals surface area contributed by atoms with Crippen molar-refractivity contribution in [3.63, 3.8) is 0 Å². The smallest absolute Gasteiger partial charge is 0.150 e. The fourth-order valence-electron chi connectivity index (χ4n) is 4.40. The zero-order valence-corrected chi connectivity index (χ0v) is 18.7. The molecule has 1 aliphatic rings. The van der Waals surface area contributed by atoms with Crippen LogP contribution in [0.15, 0.2) is 61.1 Å². The highest BCUT2D eigenvalue weighted by atomic mass is 35.5. The number of fused-ring (bicyclic) bond motifs is 1. The molecule has 158 valence electrons. The number of hydrogen-bond donors (Lipinski definition) is 0. The summed E-state index contributed by atoms with van der Waals surface area (Å²) in [5.74, 6) is 0.947. The van der Waals surface area contributed by atoms with E-state index < -0.39 is 0 Å². The Labute approximate surface area is 187 Å². The van der Waals surface area contributed by atoms with Crippen LogP contribution in [0.25, 0.3) is 27.8 Å². The molecule has 5 rings (SSSR count). The molecular weight excluding hydrogens is 408 g/mol. The largest absolute Gasteiger partial charge is 0.372 e. The van der Waals surface area contributed by atoms with E-state index in [1.807, 2.05) is 25.1 Å². The van der Waals surface area contributed by atoms with Gasteiger partial charge < -0.3 is 14.2 Å². The minimum absolute atomic E-state index is 0.145. The van der Waals surface area contributed by atoms with Crippen LogP contribution in [0.3, 0.4) is 0 Å². The van der Waals surface area contributed by atoms with Crippen LogP contribution in [0.4, 0.5) is 5.82 Å². The van der Waals surface area contributed by atoms with Crippen LogP contribution in [-0.2, 0) is 4.74 Å². The van der Waals surface area contributed by atoms with Gasteiger partial charge >= 0.3 is 0 Å². The summed E-state index contributed by atoms with van der Waals surface area (Å²) in [6.07, 6.45) is 4.09. The van der Waals surface area contributed by atoms with Gasteiger partial charge in [0, 0.05) is 35.6 Å². The molecule has 0 bridgehead atoms. The van der Waals surface area contributed by atoms with E-state index in [0.717, 1.165) is 57.3 Å². The SMILES string of the molecule is Cc1ccc(-n2cc(-c3ccccc3)c3c(N4CC(C)OC(C)C4)ncnc32)cc1Cl. The molecule has 2 aromatic heterocycles. The second-order valence-electron chi connectivity index (χ2n) is 8.27. The Morgan fingerprint density at radius 2 is 1.74 bits per heavy atom. The molecule has 1 saturated heterocycles. The van der Waals surface area contributed by atoms with Gasteiger partial charge in [0.2, 0.25) is 0 Å². The summed E-state index contributed by atoms with van der Waals surface area (Å²) >= 11 is 6.46. The molecule has 0 saturated carbocycles. The van der Waals surface area contributed by atoms with Crippen LogP contribution in [0.2, 0.25) is 5.02 Å². The van der Waals surface area contributed by atoms with E-state index in [-0.39, 0.29) is 12.2 Å². The van der Waals surface area contributed by atoms with Crippen LogP contribution in [0.5, 0.6) is 0 Å². The van der Waals surface area contributed by atoms with Crippen molar-refractivity contribution in [1.82, 2.24) is 14.5 Å². The van der Waals surface area contributed by atoms with Gasteiger partial charge in [0.25, 0.3) is 0 Å². The maximum atomic E-state index is 6.46. The third kappa shape index (κ3) is 3.68. The highest BCUT2D eigenvalue weighted by Crippen LogP contribution is 2.37. The predicted molar refractivity (Wildman–Crippen MR) is 126 cm³/mol. The molecule has 31 heavy (non-hydrogen) atoms. The summed E-state index contributed by atoms with van der Waals surface area (Å²) in [5, 5.41) is 1.79. The van der Waals surface area contributed by atoms with Gasteiger partial charge in [-0.3, -0.25) is 0 Å². The number of ether oxygens (including phenoxy) is 1. The number of rotatable bonds is 3. The zero-order chi connectivity index (χ0) is 21.5. The van der Waals surface area contributed by atoms with Gasteiger partial charge in [-0.2, -0.15) is 0 Å². The first-order valence-electron chi connectivity index (χ1n) is 10.6. The molecule has 6 heteroatoms. The van der Waals surface area contributed by atoms with Gasteiger partial charge in [0.05, 0.1) is 17.6 Å². The lowest BCUT2D eigenvalue weighted by atomic mass is 10.1. The molecule has 2 unspecified atom stereocenters. The van der Waals surface area contributed by atoms with Gasteiger partial charge in [-0.15, -0.1) is 0 Å². The Bertz CT molecular complexity index is 1230. The lowest BCUT2D eigenvalue weighted by Gasteiger charge is -2.36. The van der Waals surface area contributed by atoms with Crippen LogP contribution in [0, 0.1) is 6.92 Å². The fraction of sp³-hybridized carbons (Fsp3) is 0.280. The highest BCUT2D eigenvalue weighted by Gasteiger charge is 2.27. The number of aryl methyl sites for hydroxylation is 1. The molecule has 2 atom stereocenters. The molecule has 0 amide bonds. The first-order valence-corrected chi connectivity index (χ1v) is 11.0. The van der Waals surface area contributed by atoms with E-state index in [2.05, 4.69) is 59.8 Å². The Morgan fingerprint density at radius 1 is 1.00 bits per heavy atom. The Hall–Kier alpha value is -2.89. The molecule has 0 N–H and O–H groups in total. The van der Waals surface area contributed by atoms with Crippen LogP contribution in [-0.4, -0.2) is 39.8 Å². The molecule has 0 radical (unpaired) electrons. The van der Waals surface area contributed by atoms with Crippen LogP contribution < -0.4 is 4.90 Å². The minimum Gasteiger partial charge on any atom is -0.372 e. The van der Waals surface area contributed by atoms with E-state index in [9.17, 15) is 0 Å². The number of halogens is 1. The normalized spacial score (nSPS) is 19.2. The summed E-state index contributed by atoms with van der Waals surface area (Å²) in [6, 6.07) is 16.5. The average Bonchev–Trinajstić information content (AvgIpc) is 3.15. The number of aromatic nitrogens is 3. The number of anilines is 1. The van der Waals surface area contributed by atoms with Gasteiger partial charge in [-0.25, -0.2) is 9.97 Å². The predicted octanol–water partition coefficient (Wildman–Crippen LogP) is 5.66. The van der Waals surface area contributed by atoms with E-state index >= 15 is 0 Å². The lowest BCUT2D eigenvalue weighted by Crippen LogP contribution is -2.46. The van der Waals surface area contributed by atoms with Gasteiger partial charge in [0.1, 0.15) is 12.1 Å². The topological polar surface area (TPSA) is 43.2 Å². The molecule has 5 nitrogen and oxygen atoms in total. The van der Waals surface area contributed by atoms with Crippen molar-refractivity contribution in [2.75, 3.05) is 18.0 Å². The minimum atomic E-state index is 0.145. The van der Waals surface area contributed by atoms with E-state index in [1.54, 1.807) is 6.33 Å². The van der Waals surface area contributed by atoms with Crippen molar-refractivity contribution in [2.45, 2.75) is 33.0 Å². The summed E-state index contributed by atoms with van der Waals surface area (Å²) in [5.41, 5.74) is 5.15.